The Balaban J connectivity index is 1.78. The quantitative estimate of drug-likeness (QED) is 0.444. The number of benzene rings is 1. The Labute approximate surface area is 143 Å². The van der Waals surface area contributed by atoms with Crippen LogP contribution < -0.4 is 10.6 Å². The van der Waals surface area contributed by atoms with E-state index in [2.05, 4.69) is 26.6 Å². The van der Waals surface area contributed by atoms with E-state index < -0.39 is 5.91 Å². The first-order valence-electron chi connectivity index (χ1n) is 7.07. The lowest BCUT2D eigenvalue weighted by molar-refractivity contribution is -0.117. The van der Waals surface area contributed by atoms with Gasteiger partial charge in [0, 0.05) is 17.2 Å². The molecule has 1 aromatic carbocycles. The Bertz CT molecular complexity index is 700. The van der Waals surface area contributed by atoms with Gasteiger partial charge in [-0.1, -0.05) is 28.1 Å². The van der Waals surface area contributed by atoms with E-state index in [1.54, 1.807) is 12.1 Å². The number of furan rings is 1. The van der Waals surface area contributed by atoms with Crippen LogP contribution in [-0.4, -0.2) is 12.5 Å². The van der Waals surface area contributed by atoms with Gasteiger partial charge in [-0.05, 0) is 36.2 Å². The van der Waals surface area contributed by atoms with Crippen LogP contribution >= 0.6 is 15.9 Å². The molecule has 0 radical (unpaired) electrons. The average molecular weight is 374 g/mol. The number of nitrogens with zero attached hydrogens (tertiary/aromatic N) is 1. The van der Waals surface area contributed by atoms with E-state index in [1.165, 1.54) is 18.0 Å². The molecule has 1 amide bonds. The van der Waals surface area contributed by atoms with Gasteiger partial charge in [0.15, 0.2) is 0 Å². The SMILES string of the molecule is N#C/C(=C/NCCc1ccc(Br)cc1)C(=O)NCc1ccco1. The maximum absolute atomic E-state index is 11.9. The van der Waals surface area contributed by atoms with Crippen LogP contribution in [-0.2, 0) is 17.8 Å². The predicted octanol–water partition coefficient (Wildman–Crippen LogP) is 2.90. The Hall–Kier alpha value is -2.52. The summed E-state index contributed by atoms with van der Waals surface area (Å²) in [6.07, 6.45) is 3.78. The second kappa shape index (κ2) is 8.81. The highest BCUT2D eigenvalue weighted by atomic mass is 79.9. The summed E-state index contributed by atoms with van der Waals surface area (Å²) in [6, 6.07) is 13.4. The molecule has 23 heavy (non-hydrogen) atoms. The zero-order valence-electron chi connectivity index (χ0n) is 12.4. The first kappa shape index (κ1) is 16.8. The van der Waals surface area contributed by atoms with Crippen molar-refractivity contribution < 1.29 is 9.21 Å². The van der Waals surface area contributed by atoms with Crippen molar-refractivity contribution in [1.29, 1.82) is 5.26 Å². The van der Waals surface area contributed by atoms with Crippen molar-refractivity contribution in [3.8, 4) is 6.07 Å². The second-order valence-electron chi connectivity index (χ2n) is 4.76. The molecule has 1 heterocycles. The van der Waals surface area contributed by atoms with Crippen LogP contribution in [0.2, 0.25) is 0 Å². The van der Waals surface area contributed by atoms with Crippen LogP contribution in [0.25, 0.3) is 0 Å². The third-order valence-corrected chi connectivity index (χ3v) is 3.61. The van der Waals surface area contributed by atoms with Crippen LogP contribution in [0.4, 0.5) is 0 Å². The molecule has 5 nitrogen and oxygen atoms in total. The number of amides is 1. The summed E-state index contributed by atoms with van der Waals surface area (Å²) in [5.74, 6) is 0.207. The van der Waals surface area contributed by atoms with E-state index in [9.17, 15) is 4.79 Å². The zero-order chi connectivity index (χ0) is 16.5. The number of nitrogens with one attached hydrogen (secondary N) is 2. The monoisotopic (exact) mass is 373 g/mol. The van der Waals surface area contributed by atoms with Crippen molar-refractivity contribution in [1.82, 2.24) is 10.6 Å². The van der Waals surface area contributed by atoms with Crippen molar-refractivity contribution in [2.24, 2.45) is 0 Å². The first-order chi connectivity index (χ1) is 11.2. The summed E-state index contributed by atoms with van der Waals surface area (Å²) in [5.41, 5.74) is 1.21. The largest absolute Gasteiger partial charge is 0.467 e. The molecule has 0 aliphatic heterocycles. The van der Waals surface area contributed by atoms with Gasteiger partial charge in [-0.2, -0.15) is 5.26 Å². The molecule has 0 atom stereocenters. The minimum absolute atomic E-state index is 0.0346. The highest BCUT2D eigenvalue weighted by molar-refractivity contribution is 9.10. The number of nitriles is 1. The summed E-state index contributed by atoms with van der Waals surface area (Å²) in [5, 5.41) is 14.7. The van der Waals surface area contributed by atoms with Gasteiger partial charge in [0.25, 0.3) is 5.91 Å². The lowest BCUT2D eigenvalue weighted by Gasteiger charge is -2.04. The van der Waals surface area contributed by atoms with Crippen LogP contribution in [0.15, 0.2) is 63.3 Å². The van der Waals surface area contributed by atoms with Gasteiger partial charge in [-0.25, -0.2) is 0 Å². The summed E-state index contributed by atoms with van der Waals surface area (Å²) >= 11 is 3.39. The number of hydrogen-bond acceptors (Lipinski definition) is 4. The summed E-state index contributed by atoms with van der Waals surface area (Å²) in [6.45, 7) is 0.891. The van der Waals surface area contributed by atoms with E-state index in [0.717, 1.165) is 10.9 Å². The van der Waals surface area contributed by atoms with Crippen molar-refractivity contribution in [2.45, 2.75) is 13.0 Å². The average Bonchev–Trinajstić information content (AvgIpc) is 3.08. The van der Waals surface area contributed by atoms with Crippen LogP contribution in [0.3, 0.4) is 0 Å². The molecule has 2 rings (SSSR count). The maximum atomic E-state index is 11.9. The van der Waals surface area contributed by atoms with Crippen molar-refractivity contribution in [3.05, 3.63) is 70.2 Å². The number of carbonyl (C=O) groups excluding carboxylic acids is 1. The second-order valence-corrected chi connectivity index (χ2v) is 5.68. The minimum Gasteiger partial charge on any atom is -0.467 e. The van der Waals surface area contributed by atoms with Crippen LogP contribution in [0, 0.1) is 11.3 Å². The van der Waals surface area contributed by atoms with Gasteiger partial charge >= 0.3 is 0 Å². The molecule has 0 aliphatic rings. The molecular weight excluding hydrogens is 358 g/mol. The summed E-state index contributed by atoms with van der Waals surface area (Å²) in [7, 11) is 0. The predicted molar refractivity (Wildman–Crippen MR) is 90.1 cm³/mol. The standard InChI is InChI=1S/C17H16BrN3O2/c18-15-5-3-13(4-6-15)7-8-20-11-14(10-19)17(22)21-12-16-2-1-9-23-16/h1-6,9,11,20H,7-8,12H2,(H,21,22)/b14-11-. The highest BCUT2D eigenvalue weighted by Crippen LogP contribution is 2.10. The van der Waals surface area contributed by atoms with Gasteiger partial charge in [0.05, 0.1) is 12.8 Å². The molecule has 0 unspecified atom stereocenters. The fraction of sp³-hybridized carbons (Fsp3) is 0.176. The molecule has 0 saturated heterocycles. The molecule has 6 heteroatoms. The third kappa shape index (κ3) is 5.64. The molecular formula is C17H16BrN3O2. The Kier molecular flexibility index (Phi) is 6.45. The lowest BCUT2D eigenvalue weighted by atomic mass is 10.1. The van der Waals surface area contributed by atoms with Crippen molar-refractivity contribution >= 4 is 21.8 Å². The van der Waals surface area contributed by atoms with E-state index in [0.29, 0.717) is 12.3 Å². The zero-order valence-corrected chi connectivity index (χ0v) is 14.0. The molecule has 2 aromatic rings. The van der Waals surface area contributed by atoms with E-state index in [4.69, 9.17) is 9.68 Å². The summed E-state index contributed by atoms with van der Waals surface area (Å²) in [4.78, 5) is 11.9. The Morgan fingerprint density at radius 3 is 2.74 bits per heavy atom. The van der Waals surface area contributed by atoms with Gasteiger partial charge in [-0.15, -0.1) is 0 Å². The molecule has 0 saturated carbocycles. The normalized spacial score (nSPS) is 10.9. The van der Waals surface area contributed by atoms with Gasteiger partial charge in [0.1, 0.15) is 17.4 Å². The van der Waals surface area contributed by atoms with Crippen LogP contribution in [0.5, 0.6) is 0 Å². The smallest absolute Gasteiger partial charge is 0.263 e. The van der Waals surface area contributed by atoms with Crippen LogP contribution in [0.1, 0.15) is 11.3 Å². The maximum Gasteiger partial charge on any atom is 0.263 e. The number of rotatable bonds is 7. The molecule has 2 N–H and O–H groups in total. The third-order valence-electron chi connectivity index (χ3n) is 3.09. The van der Waals surface area contributed by atoms with E-state index >= 15 is 0 Å². The van der Waals surface area contributed by atoms with E-state index in [1.807, 2.05) is 30.3 Å². The fourth-order valence-electron chi connectivity index (χ4n) is 1.87. The van der Waals surface area contributed by atoms with Gasteiger partial charge in [0.2, 0.25) is 0 Å². The fourth-order valence-corrected chi connectivity index (χ4v) is 2.13. The molecule has 1 aromatic heterocycles. The van der Waals surface area contributed by atoms with E-state index in [-0.39, 0.29) is 12.1 Å². The Morgan fingerprint density at radius 1 is 1.30 bits per heavy atom. The lowest BCUT2D eigenvalue weighted by Crippen LogP contribution is -2.25. The topological polar surface area (TPSA) is 78.1 Å². The van der Waals surface area contributed by atoms with Crippen molar-refractivity contribution in [3.63, 3.8) is 0 Å². The number of hydrogen-bond donors (Lipinski definition) is 2. The van der Waals surface area contributed by atoms with Crippen molar-refractivity contribution in [2.75, 3.05) is 6.54 Å². The van der Waals surface area contributed by atoms with Gasteiger partial charge < -0.3 is 15.1 Å². The number of halogens is 1. The molecule has 0 fully saturated rings. The Morgan fingerprint density at radius 2 is 2.09 bits per heavy atom. The molecule has 0 bridgehead atoms. The minimum atomic E-state index is -0.431. The molecule has 118 valence electrons. The number of carbonyl (C=O) groups is 1. The molecule has 0 spiro atoms. The van der Waals surface area contributed by atoms with Gasteiger partial charge in [-0.3, -0.25) is 4.79 Å². The molecule has 0 aliphatic carbocycles. The summed E-state index contributed by atoms with van der Waals surface area (Å²) < 4.78 is 6.15. The first-order valence-corrected chi connectivity index (χ1v) is 7.87. The highest BCUT2D eigenvalue weighted by Gasteiger charge is 2.08.